The van der Waals surface area contributed by atoms with E-state index >= 15 is 0 Å². The van der Waals surface area contributed by atoms with Gasteiger partial charge in [0.05, 0.1) is 37.9 Å². The molecule has 9 nitrogen and oxygen atoms in total. The van der Waals surface area contributed by atoms with Gasteiger partial charge in [0.2, 0.25) is 5.91 Å². The van der Waals surface area contributed by atoms with Crippen LogP contribution in [-0.4, -0.2) is 68.8 Å². The third kappa shape index (κ3) is 5.29. The van der Waals surface area contributed by atoms with Crippen LogP contribution in [0.5, 0.6) is 11.5 Å². The van der Waals surface area contributed by atoms with E-state index in [9.17, 15) is 9.59 Å². The molecule has 37 heavy (non-hydrogen) atoms. The van der Waals surface area contributed by atoms with E-state index in [2.05, 4.69) is 10.3 Å². The molecule has 0 unspecified atom stereocenters. The van der Waals surface area contributed by atoms with Crippen molar-refractivity contribution in [2.75, 3.05) is 46.3 Å². The Bertz CT molecular complexity index is 1340. The minimum absolute atomic E-state index is 0.0404. The number of methoxy groups -OCH3 is 1. The number of likely N-dealkylation sites (N-methyl/N-ethyl adjacent to an activating group) is 1. The second-order valence-electron chi connectivity index (χ2n) is 8.84. The number of fused-ring (bicyclic) bond motifs is 1. The summed E-state index contributed by atoms with van der Waals surface area (Å²) in [7, 11) is 7.00. The number of carbonyl (C=O) groups is 2. The normalized spacial score (nSPS) is 12.4. The Morgan fingerprint density at radius 2 is 2.00 bits per heavy atom. The molecule has 4 rings (SSSR count). The minimum Gasteiger partial charge on any atom is -0.494 e. The van der Waals surface area contributed by atoms with Crippen LogP contribution >= 0.6 is 11.3 Å². The van der Waals surface area contributed by atoms with E-state index in [1.54, 1.807) is 25.3 Å². The SMILES string of the molecule is CCOc1cc2c(cc1CC(=O)NC)C(=N)N(CC(=O)c1cc(-c3nccs3)c(OC)c(N(C)C)c1)C2. The van der Waals surface area contributed by atoms with Crippen molar-refractivity contribution in [3.05, 3.63) is 58.1 Å². The average Bonchev–Trinajstić information content (AvgIpc) is 3.52. The highest BCUT2D eigenvalue weighted by Gasteiger charge is 2.29. The van der Waals surface area contributed by atoms with Gasteiger partial charge >= 0.3 is 0 Å². The van der Waals surface area contributed by atoms with Crippen molar-refractivity contribution in [3.63, 3.8) is 0 Å². The van der Waals surface area contributed by atoms with Crippen LogP contribution in [0.4, 0.5) is 5.69 Å². The summed E-state index contributed by atoms with van der Waals surface area (Å²) >= 11 is 1.48. The lowest BCUT2D eigenvalue weighted by Crippen LogP contribution is -2.30. The number of thiazole rings is 1. The molecular formula is C27H31N5O4S. The van der Waals surface area contributed by atoms with E-state index in [1.165, 1.54) is 11.3 Å². The molecule has 2 N–H and O–H groups in total. The molecule has 0 saturated carbocycles. The number of amides is 1. The highest BCUT2D eigenvalue weighted by Crippen LogP contribution is 2.40. The number of ether oxygens (including phenoxy) is 2. The Kier molecular flexibility index (Phi) is 7.77. The Balaban J connectivity index is 1.63. The number of hydrogen-bond acceptors (Lipinski definition) is 8. The van der Waals surface area contributed by atoms with Crippen LogP contribution in [-0.2, 0) is 17.8 Å². The van der Waals surface area contributed by atoms with E-state index in [0.717, 1.165) is 27.4 Å². The number of rotatable bonds is 10. The molecule has 194 valence electrons. The monoisotopic (exact) mass is 521 g/mol. The van der Waals surface area contributed by atoms with E-state index < -0.39 is 0 Å². The van der Waals surface area contributed by atoms with Gasteiger partial charge in [-0.05, 0) is 36.8 Å². The van der Waals surface area contributed by atoms with E-state index in [-0.39, 0.29) is 30.5 Å². The van der Waals surface area contributed by atoms with Crippen LogP contribution < -0.4 is 19.7 Å². The molecule has 0 spiro atoms. The van der Waals surface area contributed by atoms with Crippen LogP contribution in [0.3, 0.4) is 0 Å². The number of aromatic nitrogens is 1. The molecule has 0 atom stereocenters. The number of anilines is 1. The molecule has 3 aromatic rings. The van der Waals surface area contributed by atoms with Gasteiger partial charge in [0.25, 0.3) is 0 Å². The summed E-state index contributed by atoms with van der Waals surface area (Å²) in [4.78, 5) is 33.6. The minimum atomic E-state index is -0.135. The smallest absolute Gasteiger partial charge is 0.224 e. The van der Waals surface area contributed by atoms with Gasteiger partial charge in [-0.25, -0.2) is 4.98 Å². The number of amidine groups is 1. The summed E-state index contributed by atoms with van der Waals surface area (Å²) in [6.07, 6.45) is 1.88. The second kappa shape index (κ2) is 11.0. The summed E-state index contributed by atoms with van der Waals surface area (Å²) in [5.74, 6) is 1.29. The van der Waals surface area contributed by atoms with Crippen molar-refractivity contribution in [1.82, 2.24) is 15.2 Å². The van der Waals surface area contributed by atoms with Gasteiger partial charge in [0.15, 0.2) is 11.5 Å². The number of carbonyl (C=O) groups excluding carboxylic acids is 2. The lowest BCUT2D eigenvalue weighted by atomic mass is 10.0. The van der Waals surface area contributed by atoms with Gasteiger partial charge < -0.3 is 24.6 Å². The third-order valence-electron chi connectivity index (χ3n) is 6.22. The lowest BCUT2D eigenvalue weighted by Gasteiger charge is -2.21. The van der Waals surface area contributed by atoms with Crippen molar-refractivity contribution in [3.8, 4) is 22.1 Å². The number of nitrogens with one attached hydrogen (secondary N) is 2. The number of benzene rings is 2. The first-order chi connectivity index (χ1) is 17.8. The molecule has 2 heterocycles. The highest BCUT2D eigenvalue weighted by molar-refractivity contribution is 7.13. The molecule has 1 aliphatic rings. The fraction of sp³-hybridized carbons (Fsp3) is 0.333. The van der Waals surface area contributed by atoms with Crippen molar-refractivity contribution in [2.45, 2.75) is 19.9 Å². The molecule has 0 aliphatic carbocycles. The number of hydrogen-bond donors (Lipinski definition) is 2. The average molecular weight is 522 g/mol. The Hall–Kier alpha value is -3.92. The number of Topliss-reactive ketones (excluding diaryl/α,β-unsaturated/α-hetero) is 1. The maximum atomic E-state index is 13.5. The third-order valence-corrected chi connectivity index (χ3v) is 7.03. The summed E-state index contributed by atoms with van der Waals surface area (Å²) < 4.78 is 11.5. The maximum Gasteiger partial charge on any atom is 0.224 e. The van der Waals surface area contributed by atoms with E-state index in [4.69, 9.17) is 14.9 Å². The molecule has 0 saturated heterocycles. The summed E-state index contributed by atoms with van der Waals surface area (Å²) in [6.45, 7) is 2.81. The van der Waals surface area contributed by atoms with Crippen LogP contribution in [0.1, 0.15) is 34.0 Å². The van der Waals surface area contributed by atoms with Gasteiger partial charge in [0.1, 0.15) is 16.6 Å². The quantitative estimate of drug-likeness (QED) is 0.393. The van der Waals surface area contributed by atoms with Gasteiger partial charge in [0, 0.05) is 56.0 Å². The molecule has 1 aromatic heterocycles. The summed E-state index contributed by atoms with van der Waals surface area (Å²) in [5.41, 5.74) is 4.38. The first-order valence-electron chi connectivity index (χ1n) is 11.9. The summed E-state index contributed by atoms with van der Waals surface area (Å²) in [5, 5.41) is 14.0. The van der Waals surface area contributed by atoms with Crippen molar-refractivity contribution in [1.29, 1.82) is 5.41 Å². The largest absolute Gasteiger partial charge is 0.494 e. The molecule has 2 aromatic carbocycles. The van der Waals surface area contributed by atoms with E-state index in [1.807, 2.05) is 55.6 Å². The molecule has 0 radical (unpaired) electrons. The Morgan fingerprint density at radius 1 is 1.22 bits per heavy atom. The van der Waals surface area contributed by atoms with Crippen LogP contribution in [0, 0.1) is 5.41 Å². The Morgan fingerprint density at radius 3 is 2.62 bits per heavy atom. The van der Waals surface area contributed by atoms with Crippen molar-refractivity contribution >= 4 is 34.6 Å². The van der Waals surface area contributed by atoms with Crippen molar-refractivity contribution in [2.24, 2.45) is 0 Å². The number of ketones is 1. The molecule has 1 amide bonds. The molecule has 0 bridgehead atoms. The van der Waals surface area contributed by atoms with Crippen LogP contribution in [0.2, 0.25) is 0 Å². The number of nitrogens with zero attached hydrogens (tertiary/aromatic N) is 3. The molecular weight excluding hydrogens is 490 g/mol. The zero-order valence-corrected chi connectivity index (χ0v) is 22.5. The van der Waals surface area contributed by atoms with Crippen LogP contribution in [0.15, 0.2) is 35.8 Å². The Labute approximate surface area is 220 Å². The second-order valence-corrected chi connectivity index (χ2v) is 9.73. The fourth-order valence-corrected chi connectivity index (χ4v) is 5.05. The maximum absolute atomic E-state index is 13.5. The zero-order valence-electron chi connectivity index (χ0n) is 21.7. The molecule has 0 fully saturated rings. The highest BCUT2D eigenvalue weighted by atomic mass is 32.1. The lowest BCUT2D eigenvalue weighted by molar-refractivity contribution is -0.119. The molecule has 10 heteroatoms. The van der Waals surface area contributed by atoms with Gasteiger partial charge in [-0.15, -0.1) is 11.3 Å². The topological polar surface area (TPSA) is 108 Å². The van der Waals surface area contributed by atoms with Gasteiger partial charge in [-0.1, -0.05) is 0 Å². The fourth-order valence-electron chi connectivity index (χ4n) is 4.40. The predicted molar refractivity (Wildman–Crippen MR) is 145 cm³/mol. The van der Waals surface area contributed by atoms with E-state index in [0.29, 0.717) is 35.8 Å². The summed E-state index contributed by atoms with van der Waals surface area (Å²) in [6, 6.07) is 7.35. The predicted octanol–water partition coefficient (Wildman–Crippen LogP) is 3.60. The van der Waals surface area contributed by atoms with Crippen molar-refractivity contribution < 1.29 is 19.1 Å². The molecule has 1 aliphatic heterocycles. The van der Waals surface area contributed by atoms with Gasteiger partial charge in [-0.3, -0.25) is 15.0 Å². The zero-order chi connectivity index (χ0) is 26.7. The first-order valence-corrected chi connectivity index (χ1v) is 12.8. The first kappa shape index (κ1) is 26.2. The standard InChI is InChI=1S/C27H31N5O4S/c1-6-36-23-12-18-14-32(26(28)19(18)10-17(23)13-24(34)29-2)15-22(33)16-9-20(27-30-7-8-37-27)25(35-5)21(11-16)31(3)4/h7-12,28H,6,13-15H2,1-5H3,(H,29,34). The van der Waals surface area contributed by atoms with Gasteiger partial charge in [-0.2, -0.15) is 0 Å². The van der Waals surface area contributed by atoms with Crippen LogP contribution in [0.25, 0.3) is 10.6 Å².